The van der Waals surface area contributed by atoms with E-state index in [1.807, 2.05) is 0 Å². The highest BCUT2D eigenvalue weighted by atomic mass is 35.5. The lowest BCUT2D eigenvalue weighted by Gasteiger charge is -2.24. The molecule has 0 amide bonds. The average Bonchev–Trinajstić information content (AvgIpc) is 2.40. The van der Waals surface area contributed by atoms with Gasteiger partial charge < -0.3 is 16.9 Å². The fraction of sp³-hybridized carbons (Fsp3) is 0.895. The molecular formula is C19H40ClN. The van der Waals surface area contributed by atoms with Gasteiger partial charge in [-0.1, -0.05) is 71.1 Å². The average molecular weight is 318 g/mol. The molecule has 0 heterocycles. The molecule has 0 N–H and O–H groups in total. The molecule has 0 bridgehead atoms. The lowest BCUT2D eigenvalue weighted by molar-refractivity contribution is -0.839. The van der Waals surface area contributed by atoms with Crippen LogP contribution in [0, 0.1) is 0 Å². The summed E-state index contributed by atoms with van der Waals surface area (Å²) in [6, 6.07) is 0. The van der Waals surface area contributed by atoms with Gasteiger partial charge in [-0.3, -0.25) is 0 Å². The van der Waals surface area contributed by atoms with Crippen LogP contribution in [0.3, 0.4) is 0 Å². The standard InChI is InChI=1S/C19H40N.ClH/c1-5-7-8-9-10-11-12-13-14-15-16-17-19-20(3,4)18-6-2;/h6,18H,5,7-17,19H2,1-4H3;1H/q+1;/p-1. The Balaban J connectivity index is 0. The molecule has 0 aromatic heterocycles. The van der Waals surface area contributed by atoms with Crippen molar-refractivity contribution in [1.29, 1.82) is 0 Å². The molecule has 0 aliphatic carbocycles. The zero-order chi connectivity index (χ0) is 15.1. The topological polar surface area (TPSA) is 0 Å². The van der Waals surface area contributed by atoms with Gasteiger partial charge in [-0.15, -0.1) is 0 Å². The van der Waals surface area contributed by atoms with E-state index in [1.54, 1.807) is 0 Å². The van der Waals surface area contributed by atoms with Gasteiger partial charge in [-0.2, -0.15) is 0 Å². The molecule has 0 fully saturated rings. The van der Waals surface area contributed by atoms with Crippen LogP contribution in [0.4, 0.5) is 0 Å². The molecule has 1 nitrogen and oxygen atoms in total. The van der Waals surface area contributed by atoms with Crippen LogP contribution in [0.5, 0.6) is 0 Å². The number of allylic oxidation sites excluding steroid dienone is 1. The van der Waals surface area contributed by atoms with E-state index in [4.69, 9.17) is 0 Å². The van der Waals surface area contributed by atoms with Crippen LogP contribution >= 0.6 is 0 Å². The highest BCUT2D eigenvalue weighted by molar-refractivity contribution is 4.66. The summed E-state index contributed by atoms with van der Waals surface area (Å²) in [5.41, 5.74) is 0. The summed E-state index contributed by atoms with van der Waals surface area (Å²) < 4.78 is 1.04. The first-order valence-electron chi connectivity index (χ1n) is 9.09. The van der Waals surface area contributed by atoms with Gasteiger partial charge in [0.1, 0.15) is 0 Å². The van der Waals surface area contributed by atoms with E-state index in [9.17, 15) is 0 Å². The molecule has 0 spiro atoms. The van der Waals surface area contributed by atoms with Crippen LogP contribution in [-0.4, -0.2) is 25.1 Å². The summed E-state index contributed by atoms with van der Waals surface area (Å²) in [6.07, 6.45) is 21.7. The van der Waals surface area contributed by atoms with Gasteiger partial charge in [0.05, 0.1) is 26.8 Å². The summed E-state index contributed by atoms with van der Waals surface area (Å²) in [5.74, 6) is 0. The molecule has 21 heavy (non-hydrogen) atoms. The Labute approximate surface area is 141 Å². The number of hydrogen-bond donors (Lipinski definition) is 0. The number of unbranched alkanes of at least 4 members (excludes halogenated alkanes) is 11. The molecule has 0 aliphatic rings. The van der Waals surface area contributed by atoms with Crippen molar-refractivity contribution in [3.8, 4) is 0 Å². The zero-order valence-corrected chi connectivity index (χ0v) is 15.9. The Kier molecular flexibility index (Phi) is 18.1. The summed E-state index contributed by atoms with van der Waals surface area (Å²) in [6.45, 7) is 5.68. The molecule has 0 atom stereocenters. The highest BCUT2D eigenvalue weighted by Crippen LogP contribution is 2.12. The van der Waals surface area contributed by atoms with Crippen molar-refractivity contribution >= 4 is 0 Å². The first-order valence-corrected chi connectivity index (χ1v) is 9.09. The minimum atomic E-state index is 0. The number of nitrogens with zero attached hydrogens (tertiary/aromatic N) is 1. The van der Waals surface area contributed by atoms with Crippen molar-refractivity contribution in [3.63, 3.8) is 0 Å². The fourth-order valence-electron chi connectivity index (χ4n) is 2.84. The second-order valence-corrected chi connectivity index (χ2v) is 6.87. The van der Waals surface area contributed by atoms with E-state index in [0.717, 1.165) is 4.48 Å². The van der Waals surface area contributed by atoms with Crippen molar-refractivity contribution < 1.29 is 16.9 Å². The van der Waals surface area contributed by atoms with Crippen molar-refractivity contribution in [2.45, 2.75) is 90.9 Å². The van der Waals surface area contributed by atoms with Gasteiger partial charge in [0.25, 0.3) is 0 Å². The number of hydrogen-bond acceptors (Lipinski definition) is 0. The van der Waals surface area contributed by atoms with Gasteiger partial charge in [-0.05, 0) is 25.8 Å². The Hall–Kier alpha value is -0.0100. The van der Waals surface area contributed by atoms with Gasteiger partial charge in [-0.25, -0.2) is 0 Å². The fourth-order valence-corrected chi connectivity index (χ4v) is 2.84. The van der Waals surface area contributed by atoms with Crippen LogP contribution in [0.2, 0.25) is 0 Å². The SMILES string of the molecule is CC=C[N+](C)(C)CCCCCCCCCCCCCC.[Cl-]. The predicted octanol–water partition coefficient (Wildman–Crippen LogP) is 3.30. The van der Waals surface area contributed by atoms with E-state index in [2.05, 4.69) is 40.2 Å². The summed E-state index contributed by atoms with van der Waals surface area (Å²) >= 11 is 0. The largest absolute Gasteiger partial charge is 1.00 e. The molecular weight excluding hydrogens is 278 g/mol. The quantitative estimate of drug-likeness (QED) is 0.341. The lowest BCUT2D eigenvalue weighted by atomic mass is 10.1. The van der Waals surface area contributed by atoms with Gasteiger partial charge in [0.2, 0.25) is 0 Å². The molecule has 0 rings (SSSR count). The molecule has 2 heteroatoms. The minimum Gasteiger partial charge on any atom is -1.00 e. The van der Waals surface area contributed by atoms with E-state index in [-0.39, 0.29) is 12.4 Å². The van der Waals surface area contributed by atoms with E-state index >= 15 is 0 Å². The Bertz CT molecular complexity index is 224. The second-order valence-electron chi connectivity index (χ2n) is 6.87. The maximum absolute atomic E-state index is 2.29. The van der Waals surface area contributed by atoms with Gasteiger partial charge in [0.15, 0.2) is 0 Å². The number of quaternary nitrogens is 1. The highest BCUT2D eigenvalue weighted by Gasteiger charge is 2.08. The maximum atomic E-state index is 2.29. The first kappa shape index (κ1) is 23.3. The molecule has 0 saturated heterocycles. The molecule has 0 aromatic carbocycles. The third-order valence-corrected chi connectivity index (χ3v) is 4.14. The van der Waals surface area contributed by atoms with Crippen molar-refractivity contribution in [2.75, 3.05) is 20.6 Å². The summed E-state index contributed by atoms with van der Waals surface area (Å²) in [4.78, 5) is 0. The van der Waals surface area contributed by atoms with E-state index < -0.39 is 0 Å². The predicted molar refractivity (Wildman–Crippen MR) is 92.9 cm³/mol. The summed E-state index contributed by atoms with van der Waals surface area (Å²) in [5, 5.41) is 0. The van der Waals surface area contributed by atoms with Crippen LogP contribution in [0.15, 0.2) is 12.3 Å². The Morgan fingerprint density at radius 2 is 1.05 bits per heavy atom. The van der Waals surface area contributed by atoms with E-state index in [0.29, 0.717) is 0 Å². The normalized spacial score (nSPS) is 11.8. The molecule has 0 aliphatic heterocycles. The number of halogens is 1. The molecule has 0 aromatic rings. The van der Waals surface area contributed by atoms with Crippen molar-refractivity contribution in [1.82, 2.24) is 0 Å². The smallest absolute Gasteiger partial charge is 0.0911 e. The molecule has 0 radical (unpaired) electrons. The minimum absolute atomic E-state index is 0. The third kappa shape index (κ3) is 17.9. The number of rotatable bonds is 14. The molecule has 128 valence electrons. The maximum Gasteiger partial charge on any atom is 0.0911 e. The van der Waals surface area contributed by atoms with Crippen LogP contribution in [0.25, 0.3) is 0 Å². The van der Waals surface area contributed by atoms with E-state index in [1.165, 1.54) is 83.6 Å². The second kappa shape index (κ2) is 16.4. The monoisotopic (exact) mass is 317 g/mol. The lowest BCUT2D eigenvalue weighted by Crippen LogP contribution is -3.00. The van der Waals surface area contributed by atoms with Crippen molar-refractivity contribution in [2.24, 2.45) is 0 Å². The first-order chi connectivity index (χ1) is 9.62. The third-order valence-electron chi connectivity index (χ3n) is 4.14. The Morgan fingerprint density at radius 1 is 0.667 bits per heavy atom. The van der Waals surface area contributed by atoms with Crippen LogP contribution in [0.1, 0.15) is 90.9 Å². The Morgan fingerprint density at radius 3 is 1.43 bits per heavy atom. The molecule has 0 saturated carbocycles. The van der Waals surface area contributed by atoms with Gasteiger partial charge >= 0.3 is 0 Å². The van der Waals surface area contributed by atoms with Crippen molar-refractivity contribution in [3.05, 3.63) is 12.3 Å². The molecule has 0 unspecified atom stereocenters. The zero-order valence-electron chi connectivity index (χ0n) is 15.2. The van der Waals surface area contributed by atoms with Gasteiger partial charge in [0, 0.05) is 0 Å². The van der Waals surface area contributed by atoms with Crippen LogP contribution < -0.4 is 12.4 Å². The summed E-state index contributed by atoms with van der Waals surface area (Å²) in [7, 11) is 4.58. The van der Waals surface area contributed by atoms with Crippen LogP contribution in [-0.2, 0) is 0 Å².